The Balaban J connectivity index is 1.05. The van der Waals surface area contributed by atoms with E-state index in [1.807, 2.05) is 66.9 Å². The van der Waals surface area contributed by atoms with Crippen LogP contribution >= 0.6 is 0 Å². The molecule has 3 aromatic carbocycles. The van der Waals surface area contributed by atoms with Gasteiger partial charge in [0, 0.05) is 43.7 Å². The molecule has 44 heavy (non-hydrogen) atoms. The number of benzene rings is 3. The van der Waals surface area contributed by atoms with Crippen LogP contribution in [0.5, 0.6) is 0 Å². The minimum absolute atomic E-state index is 0.246. The van der Waals surface area contributed by atoms with Gasteiger partial charge in [0.15, 0.2) is 0 Å². The molecule has 0 atom stereocenters. The number of ether oxygens (including phenoxy) is 1. The van der Waals surface area contributed by atoms with Gasteiger partial charge in [0.05, 0.1) is 28.4 Å². The van der Waals surface area contributed by atoms with E-state index >= 15 is 0 Å². The van der Waals surface area contributed by atoms with Crippen LogP contribution in [0.3, 0.4) is 0 Å². The van der Waals surface area contributed by atoms with Gasteiger partial charge >= 0.3 is 11.8 Å². The molecule has 2 aromatic heterocycles. The fraction of sp³-hybridized carbons (Fsp3) is 0.281. The molecule has 4 heterocycles. The first-order valence-electron chi connectivity index (χ1n) is 14.9. The van der Waals surface area contributed by atoms with Gasteiger partial charge in [0.25, 0.3) is 0 Å². The van der Waals surface area contributed by atoms with Crippen molar-refractivity contribution < 1.29 is 9.53 Å². The maximum atomic E-state index is 12.6. The summed E-state index contributed by atoms with van der Waals surface area (Å²) in [5.41, 5.74) is 4.92. The summed E-state index contributed by atoms with van der Waals surface area (Å²) in [4.78, 5) is 43.8. The molecule has 224 valence electrons. The molecule has 0 spiro atoms. The Labute approximate surface area is 252 Å². The summed E-state index contributed by atoms with van der Waals surface area (Å²) < 4.78 is 5.52. The van der Waals surface area contributed by atoms with E-state index in [4.69, 9.17) is 14.7 Å². The number of imidazole rings is 1. The van der Waals surface area contributed by atoms with Crippen LogP contribution in [0, 0.1) is 5.92 Å². The summed E-state index contributed by atoms with van der Waals surface area (Å²) in [5, 5.41) is 11.7. The third-order valence-corrected chi connectivity index (χ3v) is 8.18. The first-order chi connectivity index (χ1) is 21.6. The van der Waals surface area contributed by atoms with E-state index in [0.29, 0.717) is 50.0 Å². The number of hydrogen-bond acceptors (Lipinski definition) is 7. The molecule has 12 nitrogen and oxygen atoms in total. The highest BCUT2D eigenvalue weighted by Gasteiger charge is 2.26. The minimum atomic E-state index is -0.263. The number of anilines is 2. The van der Waals surface area contributed by atoms with Crippen LogP contribution in [0.4, 0.5) is 16.2 Å². The van der Waals surface area contributed by atoms with E-state index in [0.717, 1.165) is 52.0 Å². The third kappa shape index (κ3) is 5.91. The van der Waals surface area contributed by atoms with E-state index < -0.39 is 0 Å². The van der Waals surface area contributed by atoms with Gasteiger partial charge in [-0.2, -0.15) is 10.1 Å². The van der Waals surface area contributed by atoms with Gasteiger partial charge in [-0.3, -0.25) is 10.1 Å². The van der Waals surface area contributed by atoms with Crippen LogP contribution in [0.2, 0.25) is 0 Å². The number of carbonyl (C=O) groups is 1. The Kier molecular flexibility index (Phi) is 7.53. The number of rotatable bonds is 6. The van der Waals surface area contributed by atoms with Gasteiger partial charge in [-0.15, -0.1) is 0 Å². The van der Waals surface area contributed by atoms with Gasteiger partial charge < -0.3 is 29.8 Å². The molecule has 2 aliphatic heterocycles. The lowest BCUT2D eigenvalue weighted by Gasteiger charge is -2.32. The van der Waals surface area contributed by atoms with Gasteiger partial charge in [-0.05, 0) is 54.7 Å². The number of amides is 1. The van der Waals surface area contributed by atoms with Gasteiger partial charge in [0.2, 0.25) is 5.96 Å². The van der Waals surface area contributed by atoms with Crippen molar-refractivity contribution in [3.63, 3.8) is 0 Å². The summed E-state index contributed by atoms with van der Waals surface area (Å²) in [6.07, 6.45) is 3.99. The number of piperidine rings is 1. The van der Waals surface area contributed by atoms with Crippen molar-refractivity contribution in [1.29, 1.82) is 0 Å². The minimum Gasteiger partial charge on any atom is -0.445 e. The van der Waals surface area contributed by atoms with Gasteiger partial charge in [-0.1, -0.05) is 36.4 Å². The van der Waals surface area contributed by atoms with Crippen molar-refractivity contribution in [2.24, 2.45) is 15.9 Å². The fourth-order valence-electron chi connectivity index (χ4n) is 5.77. The lowest BCUT2D eigenvalue weighted by molar-refractivity contribution is 0.0829. The second-order valence-corrected chi connectivity index (χ2v) is 11.1. The summed E-state index contributed by atoms with van der Waals surface area (Å²) in [7, 11) is 0. The monoisotopic (exact) mass is 591 g/mol. The predicted octanol–water partition coefficient (Wildman–Crippen LogP) is 4.86. The second kappa shape index (κ2) is 12.1. The van der Waals surface area contributed by atoms with Crippen LogP contribution in [-0.2, 0) is 11.3 Å². The average molecular weight is 592 g/mol. The molecule has 2 aliphatic rings. The van der Waals surface area contributed by atoms with Crippen molar-refractivity contribution in [3.05, 3.63) is 89.0 Å². The average Bonchev–Trinajstić information content (AvgIpc) is 3.69. The van der Waals surface area contributed by atoms with Crippen molar-refractivity contribution >= 4 is 51.2 Å². The highest BCUT2D eigenvalue weighted by Crippen LogP contribution is 2.28. The number of likely N-dealkylation sites (tertiary alicyclic amines) is 1. The van der Waals surface area contributed by atoms with Crippen LogP contribution in [0.15, 0.2) is 87.7 Å². The number of aromatic amines is 3. The van der Waals surface area contributed by atoms with Crippen LogP contribution in [0.25, 0.3) is 21.9 Å². The molecule has 0 aliphatic carbocycles. The zero-order chi connectivity index (χ0) is 29.9. The molecule has 0 saturated carbocycles. The maximum Gasteiger partial charge on any atom is 0.410 e. The number of hydrogen-bond donors (Lipinski definition) is 4. The lowest BCUT2D eigenvalue weighted by Crippen LogP contribution is -2.42. The van der Waals surface area contributed by atoms with E-state index in [-0.39, 0.29) is 18.4 Å². The normalized spacial score (nSPS) is 16.9. The summed E-state index contributed by atoms with van der Waals surface area (Å²) in [6, 6.07) is 21.4. The largest absolute Gasteiger partial charge is 0.445 e. The SMILES string of the molecule is O=C(OCc1ccccc1)N1CCC(CN=C2CCN(c3cccc4[nH]ncc34)C(Nc3ccc4[nH]c(=O)[nH]c4c3)=N2)CC1. The Hall–Kier alpha value is -5.39. The molecule has 7 rings (SSSR count). The summed E-state index contributed by atoms with van der Waals surface area (Å²) >= 11 is 0. The van der Waals surface area contributed by atoms with Crippen LogP contribution in [-0.4, -0.2) is 69.1 Å². The molecule has 1 saturated heterocycles. The molecule has 5 aromatic rings. The molecule has 1 amide bonds. The van der Waals surface area contributed by atoms with E-state index in [9.17, 15) is 9.59 Å². The Morgan fingerprint density at radius 1 is 0.977 bits per heavy atom. The zero-order valence-corrected chi connectivity index (χ0v) is 24.1. The van der Waals surface area contributed by atoms with Crippen molar-refractivity contribution in [3.8, 4) is 0 Å². The topological polar surface area (TPSA) is 147 Å². The molecular formula is C32H33N9O3. The van der Waals surface area contributed by atoms with Crippen molar-refractivity contribution in [2.45, 2.75) is 25.9 Å². The quantitative estimate of drug-likeness (QED) is 0.222. The maximum absolute atomic E-state index is 12.6. The number of H-pyrrole nitrogens is 3. The first-order valence-corrected chi connectivity index (χ1v) is 14.9. The predicted molar refractivity (Wildman–Crippen MR) is 171 cm³/mol. The van der Waals surface area contributed by atoms with E-state index in [1.54, 1.807) is 4.90 Å². The van der Waals surface area contributed by atoms with Crippen molar-refractivity contribution in [1.82, 2.24) is 25.1 Å². The smallest absolute Gasteiger partial charge is 0.410 e. The number of amidine groups is 1. The lowest BCUT2D eigenvalue weighted by atomic mass is 9.97. The van der Waals surface area contributed by atoms with Crippen LogP contribution < -0.4 is 15.9 Å². The van der Waals surface area contributed by atoms with Crippen molar-refractivity contribution in [2.75, 3.05) is 36.4 Å². The number of carbonyl (C=O) groups excluding carboxylic acids is 1. The highest BCUT2D eigenvalue weighted by molar-refractivity contribution is 6.15. The Morgan fingerprint density at radius 3 is 2.68 bits per heavy atom. The molecule has 4 N–H and O–H groups in total. The molecule has 12 heteroatoms. The molecular weight excluding hydrogens is 558 g/mol. The standard InChI is InChI=1S/C32H33N9O3/c42-31-36-26-10-9-23(17-27(26)37-31)35-30-38-29(13-16-41(30)28-8-4-7-25-24(28)19-34-39-25)33-18-21-11-14-40(15-12-21)32(43)44-20-22-5-2-1-3-6-22/h1-10,17,19,21H,11-16,18,20H2,(H,34,39)(H,33,35,38)(H2,36,37,42). The van der Waals surface area contributed by atoms with Crippen LogP contribution in [0.1, 0.15) is 24.8 Å². The number of guanidine groups is 1. The van der Waals surface area contributed by atoms with Gasteiger partial charge in [-0.25, -0.2) is 9.59 Å². The summed E-state index contributed by atoms with van der Waals surface area (Å²) in [5.74, 6) is 1.80. The zero-order valence-electron chi connectivity index (χ0n) is 24.1. The second-order valence-electron chi connectivity index (χ2n) is 11.1. The fourth-order valence-corrected chi connectivity index (χ4v) is 5.77. The molecule has 0 bridgehead atoms. The molecule has 1 fully saturated rings. The number of nitrogens with zero attached hydrogens (tertiary/aromatic N) is 5. The summed E-state index contributed by atoms with van der Waals surface area (Å²) in [6.45, 7) is 2.94. The number of aliphatic imine (C=N–C) groups is 2. The van der Waals surface area contributed by atoms with E-state index in [1.165, 1.54) is 0 Å². The molecule has 0 radical (unpaired) electrons. The Morgan fingerprint density at radius 2 is 1.82 bits per heavy atom. The third-order valence-electron chi connectivity index (χ3n) is 8.18. The number of aromatic nitrogens is 4. The van der Waals surface area contributed by atoms with E-state index in [2.05, 4.69) is 36.4 Å². The molecule has 0 unspecified atom stereocenters. The van der Waals surface area contributed by atoms with Gasteiger partial charge in [0.1, 0.15) is 12.4 Å². The Bertz CT molecular complexity index is 1900. The number of fused-ring (bicyclic) bond motifs is 2. The first kappa shape index (κ1) is 27.4. The highest BCUT2D eigenvalue weighted by atomic mass is 16.6. The number of nitrogens with one attached hydrogen (secondary N) is 4.